The molecule has 0 spiro atoms. The lowest BCUT2D eigenvalue weighted by Crippen LogP contribution is -2.43. The van der Waals surface area contributed by atoms with E-state index >= 15 is 0 Å². The molecule has 20 heavy (non-hydrogen) atoms. The van der Waals surface area contributed by atoms with Crippen molar-refractivity contribution in [3.05, 3.63) is 40.4 Å². The molecule has 0 saturated carbocycles. The van der Waals surface area contributed by atoms with Gasteiger partial charge >= 0.3 is 0 Å². The number of aliphatic hydroxyl groups is 1. The number of hydrogen-bond acceptors (Lipinski definition) is 2. The predicted octanol–water partition coefficient (Wildman–Crippen LogP) is 3.23. The molecule has 1 aromatic rings. The van der Waals surface area contributed by atoms with Crippen LogP contribution in [0.5, 0.6) is 0 Å². The van der Waals surface area contributed by atoms with Crippen molar-refractivity contribution in [2.24, 2.45) is 0 Å². The van der Waals surface area contributed by atoms with Crippen molar-refractivity contribution in [1.29, 1.82) is 0 Å². The lowest BCUT2D eigenvalue weighted by atomic mass is 9.99. The van der Waals surface area contributed by atoms with Crippen LogP contribution in [0.15, 0.2) is 34.8 Å². The van der Waals surface area contributed by atoms with Crippen LogP contribution in [0.4, 0.5) is 0 Å². The minimum atomic E-state index is 0.0407. The Hall–Kier alpha value is -1.13. The zero-order chi connectivity index (χ0) is 14.4. The molecule has 1 saturated heterocycles. The van der Waals surface area contributed by atoms with E-state index in [1.807, 2.05) is 35.2 Å². The third-order valence-electron chi connectivity index (χ3n) is 3.68. The van der Waals surface area contributed by atoms with E-state index in [-0.39, 0.29) is 18.6 Å². The van der Waals surface area contributed by atoms with Gasteiger partial charge < -0.3 is 10.0 Å². The minimum absolute atomic E-state index is 0.0407. The number of carbonyl (C=O) groups is 1. The summed E-state index contributed by atoms with van der Waals surface area (Å²) in [5.74, 6) is 0.0407. The normalized spacial score (nSPS) is 19.5. The Bertz CT molecular complexity index is 485. The van der Waals surface area contributed by atoms with Crippen molar-refractivity contribution in [3.8, 4) is 0 Å². The lowest BCUT2D eigenvalue weighted by molar-refractivity contribution is -0.129. The van der Waals surface area contributed by atoms with Crippen LogP contribution in [-0.2, 0) is 4.79 Å². The molecular weight excluding hydrogens is 318 g/mol. The topological polar surface area (TPSA) is 40.5 Å². The SMILES string of the molecule is O=C(/C=C/c1ccccc1Br)N1CCCCC1CCO. The number of nitrogens with zero attached hydrogens (tertiary/aromatic N) is 1. The molecule has 2 rings (SSSR count). The van der Waals surface area contributed by atoms with Crippen molar-refractivity contribution in [1.82, 2.24) is 4.90 Å². The average molecular weight is 338 g/mol. The second-order valence-electron chi connectivity index (χ2n) is 5.05. The van der Waals surface area contributed by atoms with E-state index in [4.69, 9.17) is 5.11 Å². The fourth-order valence-corrected chi connectivity index (χ4v) is 3.02. The summed E-state index contributed by atoms with van der Waals surface area (Å²) in [6.07, 6.45) is 7.34. The number of rotatable bonds is 4. The minimum Gasteiger partial charge on any atom is -0.396 e. The number of benzene rings is 1. The van der Waals surface area contributed by atoms with Crippen molar-refractivity contribution in [2.75, 3.05) is 13.2 Å². The first-order chi connectivity index (χ1) is 9.72. The van der Waals surface area contributed by atoms with Crippen molar-refractivity contribution < 1.29 is 9.90 Å². The van der Waals surface area contributed by atoms with Crippen LogP contribution >= 0.6 is 15.9 Å². The van der Waals surface area contributed by atoms with E-state index in [0.29, 0.717) is 6.42 Å². The summed E-state index contributed by atoms with van der Waals surface area (Å²) < 4.78 is 0.981. The highest BCUT2D eigenvalue weighted by molar-refractivity contribution is 9.10. The Kier molecular flexibility index (Phi) is 5.80. The number of amides is 1. The van der Waals surface area contributed by atoms with Crippen LogP contribution in [0, 0.1) is 0 Å². The highest BCUT2D eigenvalue weighted by Crippen LogP contribution is 2.21. The quantitative estimate of drug-likeness (QED) is 0.857. The van der Waals surface area contributed by atoms with Crippen molar-refractivity contribution in [2.45, 2.75) is 31.7 Å². The van der Waals surface area contributed by atoms with E-state index in [1.165, 1.54) is 0 Å². The third-order valence-corrected chi connectivity index (χ3v) is 4.41. The molecule has 1 aliphatic rings. The molecule has 0 radical (unpaired) electrons. The fourth-order valence-electron chi connectivity index (χ4n) is 2.61. The second-order valence-corrected chi connectivity index (χ2v) is 5.90. The van der Waals surface area contributed by atoms with Gasteiger partial charge in [0.15, 0.2) is 0 Å². The Labute approximate surface area is 128 Å². The van der Waals surface area contributed by atoms with E-state index < -0.39 is 0 Å². The molecular formula is C16H20BrNO2. The van der Waals surface area contributed by atoms with Crippen LogP contribution in [0.1, 0.15) is 31.2 Å². The molecule has 0 aromatic heterocycles. The van der Waals surface area contributed by atoms with Gasteiger partial charge in [-0.15, -0.1) is 0 Å². The first-order valence-corrected chi connectivity index (χ1v) is 7.85. The number of aliphatic hydroxyl groups excluding tert-OH is 1. The first-order valence-electron chi connectivity index (χ1n) is 7.06. The monoisotopic (exact) mass is 337 g/mol. The summed E-state index contributed by atoms with van der Waals surface area (Å²) in [7, 11) is 0. The molecule has 1 unspecified atom stereocenters. The molecule has 108 valence electrons. The third kappa shape index (κ3) is 3.93. The number of carbonyl (C=O) groups excluding carboxylic acids is 1. The lowest BCUT2D eigenvalue weighted by Gasteiger charge is -2.34. The van der Waals surface area contributed by atoms with E-state index in [0.717, 1.165) is 35.8 Å². The first kappa shape index (κ1) is 15.3. The molecule has 1 heterocycles. The van der Waals surface area contributed by atoms with Gasteiger partial charge in [-0.25, -0.2) is 0 Å². The van der Waals surface area contributed by atoms with Gasteiger partial charge in [0.1, 0.15) is 0 Å². The van der Waals surface area contributed by atoms with Gasteiger partial charge in [-0.1, -0.05) is 34.1 Å². The number of halogens is 1. The molecule has 1 fully saturated rings. The van der Waals surface area contributed by atoms with E-state index in [2.05, 4.69) is 15.9 Å². The van der Waals surface area contributed by atoms with Gasteiger partial charge in [0.2, 0.25) is 5.91 Å². The van der Waals surface area contributed by atoms with Gasteiger partial charge in [-0.2, -0.15) is 0 Å². The van der Waals surface area contributed by atoms with Crippen molar-refractivity contribution >= 4 is 27.9 Å². The van der Waals surface area contributed by atoms with Crippen LogP contribution in [0.25, 0.3) is 6.08 Å². The molecule has 0 aliphatic carbocycles. The number of hydrogen-bond donors (Lipinski definition) is 1. The molecule has 1 atom stereocenters. The summed E-state index contributed by atoms with van der Waals surface area (Å²) in [4.78, 5) is 14.2. The summed E-state index contributed by atoms with van der Waals surface area (Å²) in [6.45, 7) is 0.937. The summed E-state index contributed by atoms with van der Waals surface area (Å²) >= 11 is 3.47. The second kappa shape index (κ2) is 7.60. The zero-order valence-electron chi connectivity index (χ0n) is 11.5. The summed E-state index contributed by atoms with van der Waals surface area (Å²) in [5.41, 5.74) is 0.997. The highest BCUT2D eigenvalue weighted by atomic mass is 79.9. The Balaban J connectivity index is 2.04. The molecule has 1 N–H and O–H groups in total. The van der Waals surface area contributed by atoms with Gasteiger partial charge in [0.05, 0.1) is 0 Å². The van der Waals surface area contributed by atoms with E-state index in [9.17, 15) is 4.79 Å². The van der Waals surface area contributed by atoms with Gasteiger partial charge in [0.25, 0.3) is 0 Å². The maximum absolute atomic E-state index is 12.3. The Morgan fingerprint density at radius 2 is 2.20 bits per heavy atom. The smallest absolute Gasteiger partial charge is 0.246 e. The average Bonchev–Trinajstić information content (AvgIpc) is 2.47. The largest absolute Gasteiger partial charge is 0.396 e. The molecule has 1 aromatic carbocycles. The molecule has 1 aliphatic heterocycles. The Morgan fingerprint density at radius 1 is 1.40 bits per heavy atom. The maximum atomic E-state index is 12.3. The highest BCUT2D eigenvalue weighted by Gasteiger charge is 2.24. The van der Waals surface area contributed by atoms with Gasteiger partial charge in [-0.05, 0) is 43.4 Å². The van der Waals surface area contributed by atoms with E-state index in [1.54, 1.807) is 6.08 Å². The van der Waals surface area contributed by atoms with Crippen LogP contribution in [0.2, 0.25) is 0 Å². The maximum Gasteiger partial charge on any atom is 0.246 e. The molecule has 3 nitrogen and oxygen atoms in total. The predicted molar refractivity (Wildman–Crippen MR) is 84.2 cm³/mol. The van der Waals surface area contributed by atoms with Gasteiger partial charge in [-0.3, -0.25) is 4.79 Å². The number of likely N-dealkylation sites (tertiary alicyclic amines) is 1. The summed E-state index contributed by atoms with van der Waals surface area (Å²) in [5, 5.41) is 9.10. The molecule has 0 bridgehead atoms. The van der Waals surface area contributed by atoms with Crippen LogP contribution < -0.4 is 0 Å². The summed E-state index contributed by atoms with van der Waals surface area (Å²) in [6, 6.07) is 8.01. The molecule has 1 amide bonds. The zero-order valence-corrected chi connectivity index (χ0v) is 13.1. The fraction of sp³-hybridized carbons (Fsp3) is 0.438. The van der Waals surface area contributed by atoms with Gasteiger partial charge in [0, 0.05) is 29.7 Å². The Morgan fingerprint density at radius 3 is 2.95 bits per heavy atom. The van der Waals surface area contributed by atoms with Crippen LogP contribution in [-0.4, -0.2) is 35.1 Å². The van der Waals surface area contributed by atoms with Crippen LogP contribution in [0.3, 0.4) is 0 Å². The van der Waals surface area contributed by atoms with Crippen molar-refractivity contribution in [3.63, 3.8) is 0 Å². The molecule has 4 heteroatoms. The standard InChI is InChI=1S/C16H20BrNO2/c17-15-7-2-1-5-13(15)8-9-16(20)18-11-4-3-6-14(18)10-12-19/h1-2,5,7-9,14,19H,3-4,6,10-12H2/b9-8+. The number of piperidine rings is 1.